The number of benzene rings is 4. The first-order valence-corrected chi connectivity index (χ1v) is 15.2. The van der Waals surface area contributed by atoms with Crippen molar-refractivity contribution < 1.29 is 25.6 Å². The maximum Gasteiger partial charge on any atom is 0.420 e. The maximum atomic E-state index is 14.1. The third-order valence-electron chi connectivity index (χ3n) is 6.33. The largest absolute Gasteiger partial charge is 0.420 e. The summed E-state index contributed by atoms with van der Waals surface area (Å²) in [4.78, 5) is -0.394. The molecule has 4 aromatic carbocycles. The van der Waals surface area contributed by atoms with Crippen LogP contribution in [0.4, 0.5) is 8.78 Å². The Kier molecular flexibility index (Phi) is 7.27. The van der Waals surface area contributed by atoms with E-state index in [1.807, 2.05) is 0 Å². The van der Waals surface area contributed by atoms with Crippen molar-refractivity contribution in [2.75, 3.05) is 0 Å². The van der Waals surface area contributed by atoms with E-state index >= 15 is 0 Å². The molecule has 0 unspecified atom stereocenters. The van der Waals surface area contributed by atoms with Crippen LogP contribution in [0.5, 0.6) is 0 Å². The second kappa shape index (κ2) is 10.3. The molecule has 1 aliphatic rings. The third kappa shape index (κ3) is 4.71. The molecule has 0 aliphatic carbocycles. The van der Waals surface area contributed by atoms with Crippen LogP contribution in [0.15, 0.2) is 119 Å². The summed E-state index contributed by atoms with van der Waals surface area (Å²) in [6, 6.07) is 24.1. The molecule has 6 nitrogen and oxygen atoms in total. The zero-order chi connectivity index (χ0) is 27.1. The fourth-order valence-corrected chi connectivity index (χ4v) is 9.67. The van der Waals surface area contributed by atoms with Gasteiger partial charge in [-0.15, -0.1) is 15.8 Å². The Hall–Kier alpha value is -2.90. The maximum absolute atomic E-state index is 14.1. The fourth-order valence-electron chi connectivity index (χ4n) is 4.60. The Morgan fingerprint density at radius 1 is 0.553 bits per heavy atom. The molecule has 38 heavy (non-hydrogen) atoms. The molecule has 0 N–H and O–H groups in total. The minimum absolute atomic E-state index is 0.197. The Morgan fingerprint density at radius 2 is 0.868 bits per heavy atom. The van der Waals surface area contributed by atoms with Crippen LogP contribution in [0.1, 0.15) is 23.2 Å². The smallest absolute Gasteiger partial charge is 0.208 e. The van der Waals surface area contributed by atoms with Gasteiger partial charge in [0.15, 0.2) is 0 Å². The number of hydrogen-bond acceptors (Lipinski definition) is 4. The van der Waals surface area contributed by atoms with E-state index in [1.54, 1.807) is 60.7 Å². The van der Waals surface area contributed by atoms with E-state index in [-0.39, 0.29) is 9.79 Å². The summed E-state index contributed by atoms with van der Waals surface area (Å²) in [7, 11) is -8.74. The molecule has 0 radical (unpaired) electrons. The van der Waals surface area contributed by atoms with Crippen molar-refractivity contribution in [1.29, 1.82) is 0 Å². The molecule has 12 heteroatoms. The molecule has 0 saturated carbocycles. The highest BCUT2D eigenvalue weighted by molar-refractivity contribution is 9.24. The lowest BCUT2D eigenvalue weighted by Crippen LogP contribution is -2.45. The van der Waals surface area contributed by atoms with Crippen molar-refractivity contribution in [3.63, 3.8) is 0 Å². The van der Waals surface area contributed by atoms with Crippen LogP contribution < -0.4 is 0 Å². The van der Waals surface area contributed by atoms with Gasteiger partial charge >= 0.3 is 5.81 Å². The Bertz CT molecular complexity index is 1520. The zero-order valence-corrected chi connectivity index (χ0v) is 22.8. The molecular formula is C26H20BBrF2N2O4S2. The number of sulfonamides is 2. The van der Waals surface area contributed by atoms with Gasteiger partial charge < -0.3 is 0 Å². The molecule has 0 aromatic heterocycles. The molecule has 1 aliphatic heterocycles. The van der Waals surface area contributed by atoms with Crippen molar-refractivity contribution in [3.8, 4) is 0 Å². The molecule has 2 atom stereocenters. The van der Waals surface area contributed by atoms with Crippen molar-refractivity contribution in [1.82, 2.24) is 8.43 Å². The van der Waals surface area contributed by atoms with E-state index in [9.17, 15) is 25.6 Å². The first-order valence-electron chi connectivity index (χ1n) is 11.4. The van der Waals surface area contributed by atoms with Crippen LogP contribution >= 0.6 is 15.8 Å². The lowest BCUT2D eigenvalue weighted by atomic mass is 9.95. The van der Waals surface area contributed by atoms with Crippen LogP contribution in [0.25, 0.3) is 0 Å². The van der Waals surface area contributed by atoms with Crippen molar-refractivity contribution in [2.45, 2.75) is 21.9 Å². The molecule has 1 saturated heterocycles. The van der Waals surface area contributed by atoms with Crippen LogP contribution in [0.2, 0.25) is 0 Å². The van der Waals surface area contributed by atoms with Gasteiger partial charge in [0.1, 0.15) is 11.6 Å². The van der Waals surface area contributed by atoms with Gasteiger partial charge in [-0.2, -0.15) is 8.43 Å². The fraction of sp³-hybridized carbons (Fsp3) is 0.0769. The molecule has 194 valence electrons. The predicted molar refractivity (Wildman–Crippen MR) is 144 cm³/mol. The van der Waals surface area contributed by atoms with Gasteiger partial charge in [0.2, 0.25) is 20.0 Å². The highest BCUT2D eigenvalue weighted by atomic mass is 79.9. The van der Waals surface area contributed by atoms with Crippen molar-refractivity contribution in [2.24, 2.45) is 0 Å². The normalized spacial score (nSPS) is 19.1. The van der Waals surface area contributed by atoms with E-state index in [1.165, 1.54) is 0 Å². The van der Waals surface area contributed by atoms with E-state index in [4.69, 9.17) is 0 Å². The van der Waals surface area contributed by atoms with Gasteiger partial charge in [0.25, 0.3) is 0 Å². The minimum atomic E-state index is -4.37. The average Bonchev–Trinajstić information content (AvgIpc) is 3.24. The van der Waals surface area contributed by atoms with Gasteiger partial charge in [-0.1, -0.05) is 60.7 Å². The third-order valence-corrected chi connectivity index (χ3v) is 11.5. The summed E-state index contributed by atoms with van der Waals surface area (Å²) in [5, 5.41) is 0. The topological polar surface area (TPSA) is 74.8 Å². The molecule has 4 aromatic rings. The standard InChI is InChI=1S/C26H20BBrF2N2O4S2/c28-27-31(37(33,34)23-15-11-21(29)12-16-23)25(19-7-3-1-4-8-19)26(20-9-5-2-6-10-20)32(27)38(35,36)24-17-13-22(30)14-18-24/h1-18,25-26H/t25-,26-/m1/s1. The molecule has 5 rings (SSSR count). The zero-order valence-electron chi connectivity index (χ0n) is 19.6. The number of nitrogens with zero attached hydrogens (tertiary/aromatic N) is 2. The molecule has 0 spiro atoms. The number of rotatable bonds is 6. The second-order valence-electron chi connectivity index (χ2n) is 8.60. The number of halogens is 3. The van der Waals surface area contributed by atoms with Gasteiger partial charge in [0, 0.05) is 0 Å². The highest BCUT2D eigenvalue weighted by Gasteiger charge is 2.59. The monoisotopic (exact) mass is 616 g/mol. The van der Waals surface area contributed by atoms with Crippen LogP contribution in [0, 0.1) is 11.6 Å². The Balaban J connectivity index is 1.77. The first kappa shape index (κ1) is 26.7. The molecule has 1 fully saturated rings. The Morgan fingerprint density at radius 3 is 1.18 bits per heavy atom. The number of hydrogen-bond donors (Lipinski definition) is 0. The average molecular weight is 617 g/mol. The van der Waals surface area contributed by atoms with Gasteiger partial charge in [0.05, 0.1) is 21.9 Å². The summed E-state index contributed by atoms with van der Waals surface area (Å²) < 4.78 is 85.8. The van der Waals surface area contributed by atoms with Crippen molar-refractivity contribution in [3.05, 3.63) is 132 Å². The van der Waals surface area contributed by atoms with E-state index < -0.39 is 49.6 Å². The summed E-state index contributed by atoms with van der Waals surface area (Å²) in [5.41, 5.74) is 1.10. The first-order chi connectivity index (χ1) is 18.1. The lowest BCUT2D eigenvalue weighted by molar-refractivity contribution is 0.377. The highest BCUT2D eigenvalue weighted by Crippen LogP contribution is 2.51. The summed E-state index contributed by atoms with van der Waals surface area (Å²) in [6.07, 6.45) is 0. The van der Waals surface area contributed by atoms with Crippen molar-refractivity contribution >= 4 is 41.6 Å². The van der Waals surface area contributed by atoms with Crippen LogP contribution in [0.3, 0.4) is 0 Å². The quantitative estimate of drug-likeness (QED) is 0.267. The van der Waals surface area contributed by atoms with E-state index in [0.29, 0.717) is 11.1 Å². The summed E-state index contributed by atoms with van der Waals surface area (Å²) in [5.74, 6) is -2.59. The molecule has 1 heterocycles. The second-order valence-corrected chi connectivity index (χ2v) is 13.1. The molecule has 0 bridgehead atoms. The minimum Gasteiger partial charge on any atom is -0.208 e. The molecule has 0 amide bonds. The lowest BCUT2D eigenvalue weighted by Gasteiger charge is -2.30. The van der Waals surface area contributed by atoms with Crippen LogP contribution in [-0.4, -0.2) is 31.1 Å². The summed E-state index contributed by atoms with van der Waals surface area (Å²) in [6.45, 7) is 0. The van der Waals surface area contributed by atoms with Gasteiger partial charge in [-0.25, -0.2) is 25.6 Å². The molecular weight excluding hydrogens is 597 g/mol. The van der Waals surface area contributed by atoms with Gasteiger partial charge in [-0.05, 0) is 59.7 Å². The van der Waals surface area contributed by atoms with E-state index in [0.717, 1.165) is 57.0 Å². The van der Waals surface area contributed by atoms with Gasteiger partial charge in [-0.3, -0.25) is 0 Å². The SMILES string of the molecule is O=S(=O)(c1ccc(F)cc1)N1B(Br)N(S(=O)(=O)c2ccc(F)cc2)[C@H](c2ccccc2)[C@H]1c1ccccc1. The summed E-state index contributed by atoms with van der Waals surface area (Å²) >= 11 is 3.39. The van der Waals surface area contributed by atoms with Crippen LogP contribution in [-0.2, 0) is 20.0 Å². The predicted octanol–water partition coefficient (Wildman–Crippen LogP) is 5.52. The Labute approximate surface area is 228 Å². The van der Waals surface area contributed by atoms with E-state index in [2.05, 4.69) is 15.8 Å².